The third-order valence-corrected chi connectivity index (χ3v) is 3.36. The average molecular weight is 322 g/mol. The summed E-state index contributed by atoms with van der Waals surface area (Å²) >= 11 is 1.53. The molecule has 7 heteroatoms. The molecule has 0 atom stereocenters. The first-order valence-corrected chi connectivity index (χ1v) is 7.62. The van der Waals surface area contributed by atoms with Gasteiger partial charge in [0.15, 0.2) is 6.61 Å². The predicted molar refractivity (Wildman–Crippen MR) is 84.5 cm³/mol. The number of ether oxygens (including phenoxy) is 1. The number of imide groups is 1. The van der Waals surface area contributed by atoms with E-state index in [9.17, 15) is 14.4 Å². The Morgan fingerprint density at radius 1 is 1.23 bits per heavy atom. The Bertz CT molecular complexity index is 520. The minimum absolute atomic E-state index is 0.190. The van der Waals surface area contributed by atoms with Crippen molar-refractivity contribution in [3.8, 4) is 0 Å². The summed E-state index contributed by atoms with van der Waals surface area (Å²) in [6.07, 6.45) is 1.67. The summed E-state index contributed by atoms with van der Waals surface area (Å²) in [7, 11) is 0. The molecule has 0 aliphatic carbocycles. The van der Waals surface area contributed by atoms with E-state index in [1.807, 2.05) is 35.6 Å². The number of nitrogens with one attached hydrogen (secondary N) is 2. The van der Waals surface area contributed by atoms with Crippen molar-refractivity contribution in [2.24, 2.45) is 0 Å². The first-order valence-electron chi connectivity index (χ1n) is 6.64. The molecule has 0 saturated heterocycles. The van der Waals surface area contributed by atoms with Gasteiger partial charge in [-0.15, -0.1) is 18.3 Å². The molecule has 1 rings (SSSR count). The van der Waals surface area contributed by atoms with Gasteiger partial charge in [-0.25, -0.2) is 4.79 Å². The van der Waals surface area contributed by atoms with Gasteiger partial charge in [-0.2, -0.15) is 0 Å². The molecule has 0 aliphatic rings. The molecule has 0 radical (unpaired) electrons. The zero-order chi connectivity index (χ0) is 16.2. The summed E-state index contributed by atoms with van der Waals surface area (Å²) in [5.41, 5.74) is 0. The molecular formula is C15H18N2O4S. The van der Waals surface area contributed by atoms with Gasteiger partial charge in [0.05, 0.1) is 6.42 Å². The van der Waals surface area contributed by atoms with Gasteiger partial charge < -0.3 is 10.1 Å². The highest BCUT2D eigenvalue weighted by Crippen LogP contribution is 2.17. The zero-order valence-electron chi connectivity index (χ0n) is 12.0. The molecule has 0 saturated carbocycles. The number of urea groups is 1. The Kier molecular flexibility index (Phi) is 8.44. The highest BCUT2D eigenvalue weighted by atomic mass is 32.2. The zero-order valence-corrected chi connectivity index (χ0v) is 12.9. The van der Waals surface area contributed by atoms with E-state index in [-0.39, 0.29) is 13.0 Å². The van der Waals surface area contributed by atoms with E-state index in [2.05, 4.69) is 11.9 Å². The summed E-state index contributed by atoms with van der Waals surface area (Å²) in [4.78, 5) is 35.0. The van der Waals surface area contributed by atoms with Crippen LogP contribution in [0.2, 0.25) is 0 Å². The highest BCUT2D eigenvalue weighted by molar-refractivity contribution is 7.99. The van der Waals surface area contributed by atoms with E-state index < -0.39 is 24.5 Å². The molecule has 3 amide bonds. The number of amides is 3. The summed E-state index contributed by atoms with van der Waals surface area (Å²) in [5.74, 6) is -0.597. The van der Waals surface area contributed by atoms with E-state index in [4.69, 9.17) is 4.74 Å². The van der Waals surface area contributed by atoms with Crippen molar-refractivity contribution in [1.29, 1.82) is 0 Å². The molecule has 22 heavy (non-hydrogen) atoms. The van der Waals surface area contributed by atoms with Crippen molar-refractivity contribution in [2.45, 2.75) is 11.3 Å². The Hall–Kier alpha value is -2.28. The molecule has 0 bridgehead atoms. The lowest BCUT2D eigenvalue weighted by atomic mass is 10.4. The quantitative estimate of drug-likeness (QED) is 0.432. The number of rotatable bonds is 8. The molecule has 118 valence electrons. The van der Waals surface area contributed by atoms with Crippen LogP contribution in [0.4, 0.5) is 4.79 Å². The second-order valence-electron chi connectivity index (χ2n) is 4.12. The van der Waals surface area contributed by atoms with Crippen LogP contribution in [0.1, 0.15) is 6.42 Å². The van der Waals surface area contributed by atoms with Gasteiger partial charge in [0.25, 0.3) is 5.91 Å². The molecule has 2 N–H and O–H groups in total. The van der Waals surface area contributed by atoms with E-state index in [0.29, 0.717) is 5.75 Å². The molecule has 6 nitrogen and oxygen atoms in total. The second kappa shape index (κ2) is 10.4. The van der Waals surface area contributed by atoms with Gasteiger partial charge in [0.1, 0.15) is 0 Å². The van der Waals surface area contributed by atoms with Crippen LogP contribution < -0.4 is 10.6 Å². The lowest BCUT2D eigenvalue weighted by molar-refractivity contribution is -0.147. The molecule has 1 aromatic carbocycles. The molecule has 0 unspecified atom stereocenters. The van der Waals surface area contributed by atoms with Crippen molar-refractivity contribution >= 4 is 29.7 Å². The van der Waals surface area contributed by atoms with Crippen molar-refractivity contribution < 1.29 is 19.1 Å². The second-order valence-corrected chi connectivity index (χ2v) is 5.29. The van der Waals surface area contributed by atoms with Gasteiger partial charge >= 0.3 is 12.0 Å². The summed E-state index contributed by atoms with van der Waals surface area (Å²) in [6, 6.07) is 9.00. The lowest BCUT2D eigenvalue weighted by Gasteiger charge is -2.06. The number of thioether (sulfide) groups is 1. The van der Waals surface area contributed by atoms with Crippen molar-refractivity contribution in [1.82, 2.24) is 10.6 Å². The highest BCUT2D eigenvalue weighted by Gasteiger charge is 2.10. The van der Waals surface area contributed by atoms with Crippen molar-refractivity contribution in [3.05, 3.63) is 43.0 Å². The summed E-state index contributed by atoms with van der Waals surface area (Å²) in [5, 5.41) is 4.40. The Labute approximate surface area is 133 Å². The standard InChI is InChI=1S/C15H18N2O4S/c1-2-9-16-15(20)17-13(18)11-21-14(19)8-10-22-12-6-4-3-5-7-12/h2-7H,1,8-11H2,(H2,16,17,18,20). The third-order valence-electron chi connectivity index (χ3n) is 2.34. The molecular weight excluding hydrogens is 304 g/mol. The van der Waals surface area contributed by atoms with Gasteiger partial charge in [0.2, 0.25) is 0 Å². The maximum atomic E-state index is 11.5. The summed E-state index contributed by atoms with van der Waals surface area (Å²) < 4.78 is 4.78. The smallest absolute Gasteiger partial charge is 0.321 e. The third kappa shape index (κ3) is 8.11. The van der Waals surface area contributed by atoms with Crippen LogP contribution in [0.5, 0.6) is 0 Å². The van der Waals surface area contributed by atoms with Gasteiger partial charge in [-0.1, -0.05) is 24.3 Å². The number of benzene rings is 1. The van der Waals surface area contributed by atoms with E-state index in [1.165, 1.54) is 17.8 Å². The van der Waals surface area contributed by atoms with Crippen LogP contribution in [0.15, 0.2) is 47.9 Å². The number of hydrogen-bond donors (Lipinski definition) is 2. The van der Waals surface area contributed by atoms with Crippen LogP contribution in [-0.2, 0) is 14.3 Å². The van der Waals surface area contributed by atoms with E-state index in [0.717, 1.165) is 4.90 Å². The topological polar surface area (TPSA) is 84.5 Å². The number of carbonyl (C=O) groups is 3. The predicted octanol–water partition coefficient (Wildman–Crippen LogP) is 1.72. The van der Waals surface area contributed by atoms with Crippen LogP contribution in [-0.4, -0.2) is 36.8 Å². The molecule has 1 aromatic rings. The maximum absolute atomic E-state index is 11.5. The fourth-order valence-corrected chi connectivity index (χ4v) is 2.21. The maximum Gasteiger partial charge on any atom is 0.321 e. The van der Waals surface area contributed by atoms with Gasteiger partial charge in [0, 0.05) is 17.2 Å². The molecule has 0 aromatic heterocycles. The van der Waals surface area contributed by atoms with E-state index in [1.54, 1.807) is 0 Å². The Morgan fingerprint density at radius 3 is 2.64 bits per heavy atom. The molecule has 0 aliphatic heterocycles. The minimum atomic E-state index is -0.675. The van der Waals surface area contributed by atoms with Gasteiger partial charge in [-0.05, 0) is 12.1 Å². The van der Waals surface area contributed by atoms with Gasteiger partial charge in [-0.3, -0.25) is 14.9 Å². The van der Waals surface area contributed by atoms with Crippen molar-refractivity contribution in [2.75, 3.05) is 18.9 Å². The number of carbonyl (C=O) groups excluding carboxylic acids is 3. The number of esters is 1. The fraction of sp³-hybridized carbons (Fsp3) is 0.267. The minimum Gasteiger partial charge on any atom is -0.456 e. The Balaban J connectivity index is 2.13. The molecule has 0 heterocycles. The monoisotopic (exact) mass is 322 g/mol. The SMILES string of the molecule is C=CCNC(=O)NC(=O)COC(=O)CCSc1ccccc1. The van der Waals surface area contributed by atoms with Crippen LogP contribution in [0.3, 0.4) is 0 Å². The van der Waals surface area contributed by atoms with Crippen molar-refractivity contribution in [3.63, 3.8) is 0 Å². The number of hydrogen-bond acceptors (Lipinski definition) is 5. The van der Waals surface area contributed by atoms with E-state index >= 15 is 0 Å². The average Bonchev–Trinajstić information content (AvgIpc) is 2.52. The fourth-order valence-electron chi connectivity index (χ4n) is 1.36. The molecule has 0 fully saturated rings. The normalized spacial score (nSPS) is 9.64. The molecule has 0 spiro atoms. The van der Waals surface area contributed by atoms with Crippen LogP contribution in [0, 0.1) is 0 Å². The first-order chi connectivity index (χ1) is 10.6. The summed E-state index contributed by atoms with van der Waals surface area (Å²) in [6.45, 7) is 3.19. The largest absolute Gasteiger partial charge is 0.456 e. The van der Waals surface area contributed by atoms with Crippen LogP contribution >= 0.6 is 11.8 Å². The van der Waals surface area contributed by atoms with Crippen LogP contribution in [0.25, 0.3) is 0 Å². The first kappa shape index (κ1) is 17.8. The Morgan fingerprint density at radius 2 is 1.95 bits per heavy atom. The lowest BCUT2D eigenvalue weighted by Crippen LogP contribution is -2.41.